The zero-order valence-electron chi connectivity index (χ0n) is 18.6. The molecule has 0 N–H and O–H groups in total. The van der Waals surface area contributed by atoms with Gasteiger partial charge in [-0.3, -0.25) is 4.90 Å². The van der Waals surface area contributed by atoms with E-state index in [-0.39, 0.29) is 0 Å². The number of fused-ring (bicyclic) bond motifs is 2. The number of likely N-dealkylation sites (tertiary alicyclic amines) is 1. The largest absolute Gasteiger partial charge is 0.439 e. The van der Waals surface area contributed by atoms with Gasteiger partial charge in [-0.25, -0.2) is 9.97 Å². The first-order valence-corrected chi connectivity index (χ1v) is 11.9. The molecular weight excluding hydrogens is 442 g/mol. The van der Waals surface area contributed by atoms with E-state index in [4.69, 9.17) is 21.0 Å². The molecule has 34 heavy (non-hydrogen) atoms. The predicted octanol–water partition coefficient (Wildman–Crippen LogP) is 6.69. The van der Waals surface area contributed by atoms with E-state index < -0.39 is 0 Å². The Bertz CT molecular complexity index is 1550. The molecule has 3 aromatic carbocycles. The molecule has 1 saturated heterocycles. The molecule has 1 fully saturated rings. The van der Waals surface area contributed by atoms with Crippen LogP contribution in [0.2, 0.25) is 5.02 Å². The fourth-order valence-electron chi connectivity index (χ4n) is 4.41. The summed E-state index contributed by atoms with van der Waals surface area (Å²) in [5, 5.41) is 1.81. The molecule has 3 heterocycles. The molecule has 5 aromatic rings. The third kappa shape index (κ3) is 4.41. The van der Waals surface area contributed by atoms with E-state index in [0.29, 0.717) is 0 Å². The molecule has 0 spiro atoms. The summed E-state index contributed by atoms with van der Waals surface area (Å²) < 4.78 is 5.92. The van der Waals surface area contributed by atoms with Gasteiger partial charge in [-0.2, -0.15) is 0 Å². The van der Waals surface area contributed by atoms with Gasteiger partial charge in [0.2, 0.25) is 5.89 Å². The van der Waals surface area contributed by atoms with Crippen LogP contribution in [-0.2, 0) is 6.54 Å². The fourth-order valence-corrected chi connectivity index (χ4v) is 4.53. The molecule has 5 heteroatoms. The van der Waals surface area contributed by atoms with E-state index >= 15 is 0 Å². The lowest BCUT2D eigenvalue weighted by atomic mass is 10.0. The number of halogens is 1. The Kier molecular flexibility index (Phi) is 5.50. The molecule has 0 bridgehead atoms. The topological polar surface area (TPSA) is 42.2 Å². The SMILES string of the molecule is Clc1ccc(-c2ccc3nc(C#Cc4ccc5oc(CN6CCCC6)nc5c4)ccc3c2)cc1. The van der Waals surface area contributed by atoms with Crippen LogP contribution in [0.15, 0.2) is 77.2 Å². The number of rotatable bonds is 3. The summed E-state index contributed by atoms with van der Waals surface area (Å²) in [7, 11) is 0. The number of hydrogen-bond donors (Lipinski definition) is 0. The van der Waals surface area contributed by atoms with Crippen LogP contribution in [0.1, 0.15) is 30.0 Å². The maximum atomic E-state index is 6.01. The average Bonchev–Trinajstić information content (AvgIpc) is 3.52. The van der Waals surface area contributed by atoms with Crippen molar-refractivity contribution in [2.24, 2.45) is 0 Å². The van der Waals surface area contributed by atoms with Crippen LogP contribution in [-0.4, -0.2) is 28.0 Å². The average molecular weight is 464 g/mol. The van der Waals surface area contributed by atoms with Crippen LogP contribution in [0.25, 0.3) is 33.1 Å². The van der Waals surface area contributed by atoms with Gasteiger partial charge < -0.3 is 4.42 Å². The highest BCUT2D eigenvalue weighted by Gasteiger charge is 2.15. The quantitative estimate of drug-likeness (QED) is 0.279. The molecule has 2 aromatic heterocycles. The summed E-state index contributed by atoms with van der Waals surface area (Å²) in [6.45, 7) is 3.02. The van der Waals surface area contributed by atoms with E-state index in [1.54, 1.807) is 0 Å². The van der Waals surface area contributed by atoms with Gasteiger partial charge in [0.15, 0.2) is 5.58 Å². The molecule has 0 atom stereocenters. The minimum atomic E-state index is 0.736. The number of benzene rings is 3. The summed E-state index contributed by atoms with van der Waals surface area (Å²) in [4.78, 5) is 11.8. The van der Waals surface area contributed by atoms with E-state index in [1.165, 1.54) is 12.8 Å². The van der Waals surface area contributed by atoms with Gasteiger partial charge in [0.25, 0.3) is 0 Å². The Morgan fingerprint density at radius 1 is 0.794 bits per heavy atom. The number of hydrogen-bond acceptors (Lipinski definition) is 4. The number of nitrogens with zero attached hydrogens (tertiary/aromatic N) is 3. The summed E-state index contributed by atoms with van der Waals surface area (Å²) in [6, 6.07) is 24.1. The Morgan fingerprint density at radius 3 is 2.47 bits per heavy atom. The van der Waals surface area contributed by atoms with E-state index in [9.17, 15) is 0 Å². The minimum absolute atomic E-state index is 0.736. The first-order valence-electron chi connectivity index (χ1n) is 11.5. The standard InChI is InChI=1S/C29H22ClN3O/c30-24-9-5-21(6-10-24)22-8-13-26-23(18-22)7-12-25(31-26)11-3-20-4-14-28-27(17-20)32-29(34-28)19-33-15-1-2-16-33/h4-10,12-14,17-18H,1-2,15-16,19H2. The Hall–Kier alpha value is -3.65. The molecule has 1 aliphatic heterocycles. The van der Waals surface area contributed by atoms with Crippen molar-refractivity contribution < 1.29 is 4.42 Å². The van der Waals surface area contributed by atoms with Crippen LogP contribution in [0.4, 0.5) is 0 Å². The summed E-state index contributed by atoms with van der Waals surface area (Å²) in [6.07, 6.45) is 2.51. The molecule has 0 radical (unpaired) electrons. The molecule has 6 rings (SSSR count). The highest BCUT2D eigenvalue weighted by molar-refractivity contribution is 6.30. The van der Waals surface area contributed by atoms with Crippen LogP contribution >= 0.6 is 11.6 Å². The van der Waals surface area contributed by atoms with Gasteiger partial charge >= 0.3 is 0 Å². The van der Waals surface area contributed by atoms with Gasteiger partial charge in [-0.1, -0.05) is 35.7 Å². The normalized spacial score (nSPS) is 13.9. The molecule has 166 valence electrons. The molecule has 0 aliphatic carbocycles. The molecular formula is C29H22ClN3O. The van der Waals surface area contributed by atoms with Gasteiger partial charge in [-0.05, 0) is 97.6 Å². The van der Waals surface area contributed by atoms with Gasteiger partial charge in [0.1, 0.15) is 11.2 Å². The van der Waals surface area contributed by atoms with E-state index in [1.807, 2.05) is 54.6 Å². The minimum Gasteiger partial charge on any atom is -0.439 e. The van der Waals surface area contributed by atoms with E-state index in [2.05, 4.69) is 39.9 Å². The van der Waals surface area contributed by atoms with Crippen molar-refractivity contribution in [2.75, 3.05) is 13.1 Å². The number of aromatic nitrogens is 2. The first kappa shape index (κ1) is 20.9. The van der Waals surface area contributed by atoms with Crippen molar-refractivity contribution >= 4 is 33.6 Å². The van der Waals surface area contributed by atoms with Crippen molar-refractivity contribution in [1.82, 2.24) is 14.9 Å². The van der Waals surface area contributed by atoms with Crippen LogP contribution in [0.3, 0.4) is 0 Å². The third-order valence-electron chi connectivity index (χ3n) is 6.19. The Morgan fingerprint density at radius 2 is 1.62 bits per heavy atom. The molecule has 0 unspecified atom stereocenters. The summed E-state index contributed by atoms with van der Waals surface area (Å²) >= 11 is 6.01. The second-order valence-electron chi connectivity index (χ2n) is 8.63. The number of oxazole rings is 1. The third-order valence-corrected chi connectivity index (χ3v) is 6.44. The maximum absolute atomic E-state index is 6.01. The Labute approximate surface area is 203 Å². The van der Waals surface area contributed by atoms with Crippen molar-refractivity contribution in [3.8, 4) is 23.0 Å². The second-order valence-corrected chi connectivity index (χ2v) is 9.07. The van der Waals surface area contributed by atoms with Crippen LogP contribution in [0, 0.1) is 11.8 Å². The molecule has 4 nitrogen and oxygen atoms in total. The zero-order valence-corrected chi connectivity index (χ0v) is 19.3. The first-order chi connectivity index (χ1) is 16.7. The van der Waals surface area contributed by atoms with Crippen molar-refractivity contribution in [3.05, 3.63) is 95.0 Å². The Balaban J connectivity index is 1.23. The van der Waals surface area contributed by atoms with Crippen molar-refractivity contribution in [3.63, 3.8) is 0 Å². The highest BCUT2D eigenvalue weighted by Crippen LogP contribution is 2.25. The smallest absolute Gasteiger partial charge is 0.209 e. The van der Waals surface area contributed by atoms with Crippen LogP contribution < -0.4 is 0 Å². The number of pyridine rings is 1. The zero-order chi connectivity index (χ0) is 22.9. The summed E-state index contributed by atoms with van der Waals surface area (Å²) in [5.74, 6) is 7.19. The highest BCUT2D eigenvalue weighted by atomic mass is 35.5. The van der Waals surface area contributed by atoms with Gasteiger partial charge in [0.05, 0.1) is 12.1 Å². The molecule has 0 saturated carbocycles. The van der Waals surface area contributed by atoms with Crippen molar-refractivity contribution in [1.29, 1.82) is 0 Å². The summed E-state index contributed by atoms with van der Waals surface area (Å²) in [5.41, 5.74) is 6.47. The fraction of sp³-hybridized carbons (Fsp3) is 0.172. The molecule has 0 amide bonds. The van der Waals surface area contributed by atoms with Crippen LogP contribution in [0.5, 0.6) is 0 Å². The molecule has 1 aliphatic rings. The van der Waals surface area contributed by atoms with Crippen molar-refractivity contribution in [2.45, 2.75) is 19.4 Å². The lowest BCUT2D eigenvalue weighted by Crippen LogP contribution is -2.18. The monoisotopic (exact) mass is 463 g/mol. The van der Waals surface area contributed by atoms with Gasteiger partial charge in [-0.15, -0.1) is 0 Å². The van der Waals surface area contributed by atoms with Gasteiger partial charge in [0, 0.05) is 16.0 Å². The lowest BCUT2D eigenvalue weighted by Gasteiger charge is -2.10. The second kappa shape index (κ2) is 8.95. The lowest BCUT2D eigenvalue weighted by molar-refractivity contribution is 0.295. The predicted molar refractivity (Wildman–Crippen MR) is 137 cm³/mol. The van der Waals surface area contributed by atoms with E-state index in [0.717, 1.165) is 74.9 Å². The maximum Gasteiger partial charge on any atom is 0.209 e.